The number of imide groups is 1. The summed E-state index contributed by atoms with van der Waals surface area (Å²) in [6.45, 7) is 5.10. The first-order valence-electron chi connectivity index (χ1n) is 6.88. The van der Waals surface area contributed by atoms with Crippen LogP contribution in [0.5, 0.6) is 0 Å². The number of amides is 4. The average molecular weight is 299 g/mol. The lowest BCUT2D eigenvalue weighted by molar-refractivity contribution is -0.141. The predicted octanol–water partition coefficient (Wildman–Crippen LogP) is 0.0301. The summed E-state index contributed by atoms with van der Waals surface area (Å²) < 4.78 is 0. The molecule has 0 radical (unpaired) electrons. The van der Waals surface area contributed by atoms with Crippen LogP contribution in [-0.4, -0.2) is 63.9 Å². The van der Waals surface area contributed by atoms with Gasteiger partial charge in [-0.05, 0) is 20.3 Å². The van der Waals surface area contributed by atoms with Crippen molar-refractivity contribution in [3.8, 4) is 0 Å². The van der Waals surface area contributed by atoms with Gasteiger partial charge in [-0.3, -0.25) is 19.3 Å². The minimum atomic E-state index is -1.00. The van der Waals surface area contributed by atoms with Gasteiger partial charge in [0.2, 0.25) is 5.91 Å². The average Bonchev–Trinajstić information content (AvgIpc) is 2.63. The molecule has 0 aromatic rings. The van der Waals surface area contributed by atoms with Crippen molar-refractivity contribution < 1.29 is 24.3 Å². The standard InChI is InChI=1S/C13H21N3O5/c1-4-13(3)11(20)16(12(21)14-13)8-9(17)15(5-2)7-6-10(18)19/h4-8H2,1-3H3,(H,14,21)(H,18,19). The van der Waals surface area contributed by atoms with Gasteiger partial charge in [-0.1, -0.05) is 6.92 Å². The summed E-state index contributed by atoms with van der Waals surface area (Å²) in [4.78, 5) is 48.8. The Labute approximate surface area is 123 Å². The molecule has 8 heteroatoms. The molecule has 21 heavy (non-hydrogen) atoms. The highest BCUT2D eigenvalue weighted by Crippen LogP contribution is 2.20. The summed E-state index contributed by atoms with van der Waals surface area (Å²) in [5.74, 6) is -1.88. The second kappa shape index (κ2) is 6.55. The van der Waals surface area contributed by atoms with Gasteiger partial charge in [0.25, 0.3) is 5.91 Å². The molecule has 1 unspecified atom stereocenters. The molecular weight excluding hydrogens is 278 g/mol. The van der Waals surface area contributed by atoms with Crippen LogP contribution in [0.15, 0.2) is 0 Å². The number of carboxylic acid groups (broad SMARTS) is 1. The molecular formula is C13H21N3O5. The van der Waals surface area contributed by atoms with Gasteiger partial charge in [0, 0.05) is 13.1 Å². The predicted molar refractivity (Wildman–Crippen MR) is 73.4 cm³/mol. The van der Waals surface area contributed by atoms with Gasteiger partial charge in [0.15, 0.2) is 0 Å². The van der Waals surface area contributed by atoms with Crippen molar-refractivity contribution in [3.63, 3.8) is 0 Å². The zero-order valence-corrected chi connectivity index (χ0v) is 12.5. The van der Waals surface area contributed by atoms with Gasteiger partial charge in [0.05, 0.1) is 6.42 Å². The third-order valence-electron chi connectivity index (χ3n) is 3.68. The highest BCUT2D eigenvalue weighted by atomic mass is 16.4. The van der Waals surface area contributed by atoms with Crippen molar-refractivity contribution in [2.75, 3.05) is 19.6 Å². The lowest BCUT2D eigenvalue weighted by Crippen LogP contribution is -2.45. The van der Waals surface area contributed by atoms with E-state index in [4.69, 9.17) is 5.11 Å². The smallest absolute Gasteiger partial charge is 0.325 e. The molecule has 0 aromatic heterocycles. The van der Waals surface area contributed by atoms with Gasteiger partial charge in [0.1, 0.15) is 12.1 Å². The summed E-state index contributed by atoms with van der Waals surface area (Å²) >= 11 is 0. The third kappa shape index (κ3) is 3.71. The Kier molecular flexibility index (Phi) is 5.28. The summed E-state index contributed by atoms with van der Waals surface area (Å²) in [6, 6.07) is -0.591. The van der Waals surface area contributed by atoms with Gasteiger partial charge in [-0.2, -0.15) is 0 Å². The number of aliphatic carboxylic acids is 1. The second-order valence-corrected chi connectivity index (χ2v) is 5.12. The zero-order chi connectivity index (χ0) is 16.2. The summed E-state index contributed by atoms with van der Waals surface area (Å²) in [5, 5.41) is 11.2. The van der Waals surface area contributed by atoms with E-state index >= 15 is 0 Å². The van der Waals surface area contributed by atoms with Gasteiger partial charge >= 0.3 is 12.0 Å². The molecule has 4 amide bonds. The van der Waals surface area contributed by atoms with E-state index in [1.165, 1.54) is 4.90 Å². The number of carbonyl (C=O) groups is 4. The Morgan fingerprint density at radius 2 is 1.95 bits per heavy atom. The highest BCUT2D eigenvalue weighted by Gasteiger charge is 2.47. The Balaban J connectivity index is 2.71. The minimum absolute atomic E-state index is 0.0549. The molecule has 0 spiro atoms. The fraction of sp³-hybridized carbons (Fsp3) is 0.692. The van der Waals surface area contributed by atoms with Gasteiger partial charge < -0.3 is 15.3 Å². The molecule has 8 nitrogen and oxygen atoms in total. The maximum absolute atomic E-state index is 12.2. The van der Waals surface area contributed by atoms with Crippen LogP contribution in [0.4, 0.5) is 4.79 Å². The van der Waals surface area contributed by atoms with Gasteiger partial charge in [-0.15, -0.1) is 0 Å². The molecule has 1 rings (SSSR count). The van der Waals surface area contributed by atoms with E-state index in [2.05, 4.69) is 5.32 Å². The van der Waals surface area contributed by atoms with E-state index in [1.54, 1.807) is 20.8 Å². The summed E-state index contributed by atoms with van der Waals surface area (Å²) in [7, 11) is 0. The Morgan fingerprint density at radius 1 is 1.33 bits per heavy atom. The number of nitrogens with zero attached hydrogens (tertiary/aromatic N) is 2. The molecule has 0 saturated carbocycles. The molecule has 1 aliphatic rings. The minimum Gasteiger partial charge on any atom is -0.481 e. The first kappa shape index (κ1) is 16.9. The van der Waals surface area contributed by atoms with Crippen LogP contribution in [-0.2, 0) is 14.4 Å². The lowest BCUT2D eigenvalue weighted by Gasteiger charge is -2.23. The van der Waals surface area contributed by atoms with E-state index < -0.39 is 29.4 Å². The van der Waals surface area contributed by atoms with Crippen LogP contribution in [0, 0.1) is 0 Å². The van der Waals surface area contributed by atoms with Crippen molar-refractivity contribution in [3.05, 3.63) is 0 Å². The van der Waals surface area contributed by atoms with E-state index in [1.807, 2.05) is 0 Å². The SMILES string of the molecule is CCN(CCC(=O)O)C(=O)CN1C(=O)NC(C)(CC)C1=O. The number of hydrogen-bond donors (Lipinski definition) is 2. The Morgan fingerprint density at radius 3 is 2.38 bits per heavy atom. The second-order valence-electron chi connectivity index (χ2n) is 5.12. The fourth-order valence-electron chi connectivity index (χ4n) is 2.06. The van der Waals surface area contributed by atoms with E-state index in [9.17, 15) is 19.2 Å². The molecule has 0 bridgehead atoms. The van der Waals surface area contributed by atoms with Crippen molar-refractivity contribution in [1.29, 1.82) is 0 Å². The number of nitrogens with one attached hydrogen (secondary N) is 1. The maximum Gasteiger partial charge on any atom is 0.325 e. The van der Waals surface area contributed by atoms with Crippen LogP contribution in [0.3, 0.4) is 0 Å². The highest BCUT2D eigenvalue weighted by molar-refractivity contribution is 6.08. The topological polar surface area (TPSA) is 107 Å². The van der Waals surface area contributed by atoms with Crippen LogP contribution in [0.2, 0.25) is 0 Å². The van der Waals surface area contributed by atoms with E-state index in [0.29, 0.717) is 13.0 Å². The van der Waals surface area contributed by atoms with Crippen molar-refractivity contribution in [2.24, 2.45) is 0 Å². The molecule has 118 valence electrons. The van der Waals surface area contributed by atoms with Gasteiger partial charge in [-0.25, -0.2) is 4.79 Å². The van der Waals surface area contributed by atoms with Crippen LogP contribution in [0.1, 0.15) is 33.6 Å². The molecule has 2 N–H and O–H groups in total. The molecule has 1 atom stereocenters. The number of carboxylic acids is 1. The molecule has 1 fully saturated rings. The fourth-order valence-corrected chi connectivity index (χ4v) is 2.06. The first-order valence-corrected chi connectivity index (χ1v) is 6.88. The monoisotopic (exact) mass is 299 g/mol. The molecule has 1 heterocycles. The number of rotatable bonds is 7. The Hall–Kier alpha value is -2.12. The number of urea groups is 1. The summed E-state index contributed by atoms with van der Waals surface area (Å²) in [5.41, 5.74) is -0.977. The first-order chi connectivity index (χ1) is 9.75. The van der Waals surface area contributed by atoms with E-state index in [-0.39, 0.29) is 19.5 Å². The largest absolute Gasteiger partial charge is 0.481 e. The number of carbonyl (C=O) groups excluding carboxylic acids is 3. The number of likely N-dealkylation sites (N-methyl/N-ethyl adjacent to an activating group) is 1. The van der Waals surface area contributed by atoms with Crippen LogP contribution in [0.25, 0.3) is 0 Å². The lowest BCUT2D eigenvalue weighted by atomic mass is 9.99. The normalized spacial score (nSPS) is 21.4. The molecule has 0 aliphatic carbocycles. The Bertz CT molecular complexity index is 465. The molecule has 1 aliphatic heterocycles. The van der Waals surface area contributed by atoms with Crippen LogP contribution < -0.4 is 5.32 Å². The maximum atomic E-state index is 12.2. The van der Waals surface area contributed by atoms with Crippen molar-refractivity contribution >= 4 is 23.8 Å². The van der Waals surface area contributed by atoms with Crippen molar-refractivity contribution in [1.82, 2.24) is 15.1 Å². The van der Waals surface area contributed by atoms with Crippen molar-refractivity contribution in [2.45, 2.75) is 39.2 Å². The zero-order valence-electron chi connectivity index (χ0n) is 12.5. The van der Waals surface area contributed by atoms with Crippen LogP contribution >= 0.6 is 0 Å². The quantitative estimate of drug-likeness (QED) is 0.645. The third-order valence-corrected chi connectivity index (χ3v) is 3.68. The summed E-state index contributed by atoms with van der Waals surface area (Å²) in [6.07, 6.45) is 0.255. The molecule has 0 aromatic carbocycles. The van der Waals surface area contributed by atoms with E-state index in [0.717, 1.165) is 4.90 Å². The number of hydrogen-bond acceptors (Lipinski definition) is 4. The molecule has 1 saturated heterocycles.